The first-order valence-corrected chi connectivity index (χ1v) is 6.86. The molecule has 2 nitrogen and oxygen atoms in total. The fourth-order valence-electron chi connectivity index (χ4n) is 3.79. The Morgan fingerprint density at radius 1 is 1.12 bits per heavy atom. The smallest absolute Gasteiger partial charge is 0.114 e. The normalized spacial score (nSPS) is 31.8. The minimum atomic E-state index is -0.108. The number of quaternary nitrogens is 1. The van der Waals surface area contributed by atoms with E-state index in [0.717, 1.165) is 12.8 Å². The zero-order valence-electron chi connectivity index (χ0n) is 10.3. The molecule has 1 spiro atoms. The zero-order chi connectivity index (χ0) is 11.7. The van der Waals surface area contributed by atoms with Crippen LogP contribution in [0.4, 0.5) is 0 Å². The van der Waals surface area contributed by atoms with Crippen molar-refractivity contribution in [3.05, 3.63) is 35.9 Å². The number of rotatable bonds is 1. The minimum Gasteiger partial charge on any atom is -0.393 e. The van der Waals surface area contributed by atoms with Crippen molar-refractivity contribution in [3.8, 4) is 0 Å². The van der Waals surface area contributed by atoms with Crippen LogP contribution in [-0.4, -0.2) is 16.7 Å². The van der Waals surface area contributed by atoms with Crippen molar-refractivity contribution in [2.45, 2.75) is 56.2 Å². The summed E-state index contributed by atoms with van der Waals surface area (Å²) in [5.41, 5.74) is 1.72. The Morgan fingerprint density at radius 2 is 1.82 bits per heavy atom. The molecule has 1 aliphatic carbocycles. The van der Waals surface area contributed by atoms with Gasteiger partial charge in [0.25, 0.3) is 0 Å². The first-order chi connectivity index (χ1) is 8.27. The molecule has 2 atom stereocenters. The van der Waals surface area contributed by atoms with Crippen LogP contribution in [-0.2, 0) is 0 Å². The molecule has 0 unspecified atom stereocenters. The molecule has 3 rings (SSSR count). The van der Waals surface area contributed by atoms with E-state index in [0.29, 0.717) is 11.6 Å². The Labute approximate surface area is 103 Å². The Kier molecular flexibility index (Phi) is 2.93. The van der Waals surface area contributed by atoms with E-state index in [1.165, 1.54) is 31.2 Å². The Bertz CT molecular complexity index is 370. The van der Waals surface area contributed by atoms with Crippen LogP contribution in [0.3, 0.4) is 0 Å². The van der Waals surface area contributed by atoms with Gasteiger partial charge in [0.1, 0.15) is 6.04 Å². The molecule has 1 heterocycles. The summed E-state index contributed by atoms with van der Waals surface area (Å²) in [6, 6.07) is 11.1. The maximum absolute atomic E-state index is 10.1. The van der Waals surface area contributed by atoms with Crippen LogP contribution in [0, 0.1) is 0 Å². The predicted molar refractivity (Wildman–Crippen MR) is 67.5 cm³/mol. The lowest BCUT2D eigenvalue weighted by Crippen LogP contribution is -2.99. The number of aliphatic hydroxyl groups is 1. The summed E-state index contributed by atoms with van der Waals surface area (Å²) < 4.78 is 0. The predicted octanol–water partition coefficient (Wildman–Crippen LogP) is 1.76. The number of aliphatic hydroxyl groups excluding tert-OH is 1. The molecule has 92 valence electrons. The molecule has 1 saturated heterocycles. The van der Waals surface area contributed by atoms with Crippen LogP contribution < -0.4 is 5.32 Å². The van der Waals surface area contributed by atoms with E-state index in [1.54, 1.807) is 0 Å². The average Bonchev–Trinajstić information content (AvgIpc) is 2.77. The Morgan fingerprint density at radius 3 is 2.53 bits per heavy atom. The number of nitrogens with two attached hydrogens (primary N) is 1. The Balaban J connectivity index is 1.82. The van der Waals surface area contributed by atoms with Crippen LogP contribution in [0.1, 0.15) is 50.1 Å². The molecular formula is C15H22NO+. The van der Waals surface area contributed by atoms with Gasteiger partial charge in [0.2, 0.25) is 0 Å². The molecular weight excluding hydrogens is 210 g/mol. The highest BCUT2D eigenvalue weighted by atomic mass is 16.3. The largest absolute Gasteiger partial charge is 0.393 e. The lowest BCUT2D eigenvalue weighted by atomic mass is 9.81. The van der Waals surface area contributed by atoms with E-state index in [2.05, 4.69) is 35.6 Å². The maximum atomic E-state index is 10.1. The summed E-state index contributed by atoms with van der Waals surface area (Å²) >= 11 is 0. The first-order valence-electron chi connectivity index (χ1n) is 6.86. The van der Waals surface area contributed by atoms with Gasteiger partial charge in [0.05, 0.1) is 11.6 Å². The van der Waals surface area contributed by atoms with Gasteiger partial charge in [-0.25, -0.2) is 0 Å². The van der Waals surface area contributed by atoms with E-state index in [-0.39, 0.29) is 6.10 Å². The summed E-state index contributed by atoms with van der Waals surface area (Å²) in [5.74, 6) is 0. The van der Waals surface area contributed by atoms with Gasteiger partial charge in [-0.1, -0.05) is 30.3 Å². The van der Waals surface area contributed by atoms with E-state index < -0.39 is 0 Å². The van der Waals surface area contributed by atoms with Crippen molar-refractivity contribution < 1.29 is 10.4 Å². The van der Waals surface area contributed by atoms with Crippen LogP contribution in [0.2, 0.25) is 0 Å². The molecule has 2 fully saturated rings. The first kappa shape index (κ1) is 11.2. The molecule has 1 aliphatic heterocycles. The number of hydrogen-bond donors (Lipinski definition) is 2. The summed E-state index contributed by atoms with van der Waals surface area (Å²) in [4.78, 5) is 0. The minimum absolute atomic E-state index is 0.108. The zero-order valence-corrected chi connectivity index (χ0v) is 10.3. The molecule has 0 radical (unpaired) electrons. The van der Waals surface area contributed by atoms with Gasteiger partial charge in [0.15, 0.2) is 0 Å². The molecule has 2 aliphatic rings. The third-order valence-electron chi connectivity index (χ3n) is 4.55. The van der Waals surface area contributed by atoms with Gasteiger partial charge in [0, 0.05) is 31.2 Å². The molecule has 0 amide bonds. The lowest BCUT2D eigenvalue weighted by Gasteiger charge is -2.39. The van der Waals surface area contributed by atoms with Crippen molar-refractivity contribution >= 4 is 0 Å². The van der Waals surface area contributed by atoms with Crippen molar-refractivity contribution in [1.82, 2.24) is 0 Å². The average molecular weight is 232 g/mol. The molecule has 3 N–H and O–H groups in total. The maximum Gasteiger partial charge on any atom is 0.114 e. The van der Waals surface area contributed by atoms with Crippen molar-refractivity contribution in [3.63, 3.8) is 0 Å². The second kappa shape index (κ2) is 4.43. The highest BCUT2D eigenvalue weighted by Gasteiger charge is 2.45. The van der Waals surface area contributed by atoms with Gasteiger partial charge in [-0.2, -0.15) is 0 Å². The number of piperidine rings is 1. The van der Waals surface area contributed by atoms with Crippen molar-refractivity contribution in [2.75, 3.05) is 0 Å². The Hall–Kier alpha value is -0.860. The molecule has 1 aromatic rings. The van der Waals surface area contributed by atoms with Crippen LogP contribution in [0.15, 0.2) is 30.3 Å². The van der Waals surface area contributed by atoms with E-state index >= 15 is 0 Å². The summed E-state index contributed by atoms with van der Waals surface area (Å²) in [6.07, 6.45) is 7.04. The van der Waals surface area contributed by atoms with E-state index in [4.69, 9.17) is 0 Å². The second-order valence-electron chi connectivity index (χ2n) is 5.85. The number of benzene rings is 1. The fraction of sp³-hybridized carbons (Fsp3) is 0.600. The third kappa shape index (κ3) is 2.24. The summed E-state index contributed by atoms with van der Waals surface area (Å²) in [5, 5.41) is 12.7. The summed E-state index contributed by atoms with van der Waals surface area (Å²) in [6.45, 7) is 0. The molecule has 17 heavy (non-hydrogen) atoms. The van der Waals surface area contributed by atoms with Crippen LogP contribution >= 0.6 is 0 Å². The van der Waals surface area contributed by atoms with Crippen LogP contribution in [0.5, 0.6) is 0 Å². The fourth-order valence-corrected chi connectivity index (χ4v) is 3.79. The molecule has 1 aromatic carbocycles. The second-order valence-corrected chi connectivity index (χ2v) is 5.85. The van der Waals surface area contributed by atoms with Crippen molar-refractivity contribution in [2.24, 2.45) is 0 Å². The standard InChI is InChI=1S/C15H21NO/c17-13-10-14(12-6-2-1-3-7-12)16-15(11-13)8-4-5-9-15/h1-3,6-7,13-14,16-17H,4-5,8-11H2/p+1/t13-,14-/m1/s1. The van der Waals surface area contributed by atoms with Gasteiger partial charge in [-0.05, 0) is 12.8 Å². The quantitative estimate of drug-likeness (QED) is 0.760. The highest BCUT2D eigenvalue weighted by Crippen LogP contribution is 2.35. The van der Waals surface area contributed by atoms with Crippen molar-refractivity contribution in [1.29, 1.82) is 0 Å². The van der Waals surface area contributed by atoms with Gasteiger partial charge in [-0.15, -0.1) is 0 Å². The van der Waals surface area contributed by atoms with E-state index in [9.17, 15) is 5.11 Å². The third-order valence-corrected chi connectivity index (χ3v) is 4.55. The van der Waals surface area contributed by atoms with E-state index in [1.807, 2.05) is 0 Å². The molecule has 2 heteroatoms. The highest BCUT2D eigenvalue weighted by molar-refractivity contribution is 5.18. The molecule has 0 bridgehead atoms. The lowest BCUT2D eigenvalue weighted by molar-refractivity contribution is -0.774. The van der Waals surface area contributed by atoms with Gasteiger partial charge < -0.3 is 10.4 Å². The SMILES string of the molecule is O[C@@H]1C[C@H](c2ccccc2)[NH2+]C2(CCCC2)C1. The summed E-state index contributed by atoms with van der Waals surface area (Å²) in [7, 11) is 0. The number of hydrogen-bond acceptors (Lipinski definition) is 1. The molecule has 0 aromatic heterocycles. The van der Waals surface area contributed by atoms with Gasteiger partial charge >= 0.3 is 0 Å². The topological polar surface area (TPSA) is 36.8 Å². The van der Waals surface area contributed by atoms with Crippen LogP contribution in [0.25, 0.3) is 0 Å². The monoisotopic (exact) mass is 232 g/mol. The molecule has 1 saturated carbocycles. The van der Waals surface area contributed by atoms with Gasteiger partial charge in [-0.3, -0.25) is 0 Å².